The second-order valence-corrected chi connectivity index (χ2v) is 6.55. The first-order chi connectivity index (χ1) is 15.0. The quantitative estimate of drug-likeness (QED) is 0.499. The summed E-state index contributed by atoms with van der Waals surface area (Å²) in [6, 6.07) is 20.4. The smallest absolute Gasteiger partial charge is 0.335 e. The van der Waals surface area contributed by atoms with Crippen LogP contribution in [0.4, 0.5) is 0 Å². The van der Waals surface area contributed by atoms with E-state index < -0.39 is 5.97 Å². The summed E-state index contributed by atoms with van der Waals surface area (Å²) in [5.41, 5.74) is 1.17. The summed E-state index contributed by atoms with van der Waals surface area (Å²) in [5.74, 6) is 1.16. The number of aromatic carboxylic acids is 1. The highest BCUT2D eigenvalue weighted by Crippen LogP contribution is 2.20. The predicted molar refractivity (Wildman–Crippen MR) is 113 cm³/mol. The summed E-state index contributed by atoms with van der Waals surface area (Å²) < 4.78 is 21.7. The Kier molecular flexibility index (Phi) is 7.48. The van der Waals surface area contributed by atoms with Crippen molar-refractivity contribution in [2.45, 2.75) is 6.61 Å². The van der Waals surface area contributed by atoms with Crippen molar-refractivity contribution in [1.82, 2.24) is 0 Å². The summed E-state index contributed by atoms with van der Waals surface area (Å²) in [6.45, 7) is 0.113. The van der Waals surface area contributed by atoms with Crippen LogP contribution in [0.5, 0.6) is 23.0 Å². The highest BCUT2D eigenvalue weighted by Gasteiger charge is 2.07. The van der Waals surface area contributed by atoms with Gasteiger partial charge in [-0.15, -0.1) is 0 Å². The van der Waals surface area contributed by atoms with Crippen LogP contribution >= 0.6 is 0 Å². The zero-order chi connectivity index (χ0) is 22.1. The fourth-order valence-electron chi connectivity index (χ4n) is 2.58. The van der Waals surface area contributed by atoms with E-state index in [-0.39, 0.29) is 24.6 Å². The van der Waals surface area contributed by atoms with Crippen LogP contribution in [0.2, 0.25) is 0 Å². The van der Waals surface area contributed by atoms with Gasteiger partial charge in [0.1, 0.15) is 42.8 Å². The number of rotatable bonds is 11. The van der Waals surface area contributed by atoms with E-state index in [0.717, 1.165) is 11.3 Å². The fraction of sp³-hybridized carbons (Fsp3) is 0.167. The Morgan fingerprint density at radius 2 is 1.13 bits per heavy atom. The maximum absolute atomic E-state index is 12.0. The molecule has 3 aromatic rings. The normalized spacial score (nSPS) is 10.2. The average Bonchev–Trinajstić information content (AvgIpc) is 2.81. The minimum atomic E-state index is -1.02. The molecule has 7 nitrogen and oxygen atoms in total. The first kappa shape index (κ1) is 21.7. The topological polar surface area (TPSA) is 91.3 Å². The van der Waals surface area contributed by atoms with E-state index in [9.17, 15) is 9.59 Å². The Balaban J connectivity index is 1.39. The first-order valence-electron chi connectivity index (χ1n) is 9.50. The standard InChI is InChI=1S/C24H22O7/c1-28-20-6-2-17(3-7-20)14-29-22-10-12-23(13-11-22)31-16-19(25)15-30-21-8-4-18(5-9-21)24(26)27/h2-13H,14-16H2,1H3,(H,26,27). The molecule has 0 bridgehead atoms. The number of ketones is 1. The van der Waals surface area contributed by atoms with Gasteiger partial charge in [0.25, 0.3) is 0 Å². The SMILES string of the molecule is COc1ccc(COc2ccc(OCC(=O)COc3ccc(C(=O)O)cc3)cc2)cc1. The fourth-order valence-corrected chi connectivity index (χ4v) is 2.58. The van der Waals surface area contributed by atoms with Gasteiger partial charge in [0, 0.05) is 0 Å². The largest absolute Gasteiger partial charge is 0.497 e. The van der Waals surface area contributed by atoms with Crippen molar-refractivity contribution >= 4 is 11.8 Å². The molecule has 0 amide bonds. The van der Waals surface area contributed by atoms with Gasteiger partial charge in [-0.2, -0.15) is 0 Å². The van der Waals surface area contributed by atoms with E-state index in [1.54, 1.807) is 31.4 Å². The highest BCUT2D eigenvalue weighted by atomic mass is 16.5. The van der Waals surface area contributed by atoms with Crippen LogP contribution < -0.4 is 18.9 Å². The maximum atomic E-state index is 12.0. The Morgan fingerprint density at radius 3 is 1.61 bits per heavy atom. The molecule has 0 aromatic heterocycles. The van der Waals surface area contributed by atoms with E-state index in [0.29, 0.717) is 23.9 Å². The zero-order valence-corrected chi connectivity index (χ0v) is 16.9. The molecule has 0 heterocycles. The molecule has 0 atom stereocenters. The molecule has 0 saturated heterocycles. The van der Waals surface area contributed by atoms with E-state index in [1.165, 1.54) is 24.3 Å². The van der Waals surface area contributed by atoms with Gasteiger partial charge in [-0.3, -0.25) is 4.79 Å². The van der Waals surface area contributed by atoms with Crippen molar-refractivity contribution < 1.29 is 33.6 Å². The Hall–Kier alpha value is -4.00. The third-order valence-corrected chi connectivity index (χ3v) is 4.29. The monoisotopic (exact) mass is 422 g/mol. The maximum Gasteiger partial charge on any atom is 0.335 e. The number of hydrogen-bond acceptors (Lipinski definition) is 6. The molecule has 0 fully saturated rings. The Morgan fingerprint density at radius 1 is 0.677 bits per heavy atom. The molecule has 0 aliphatic carbocycles. The molecular formula is C24H22O7. The number of carboxylic acids is 1. The van der Waals surface area contributed by atoms with Crippen LogP contribution in [0.1, 0.15) is 15.9 Å². The number of methoxy groups -OCH3 is 1. The molecule has 0 unspecified atom stereocenters. The van der Waals surface area contributed by atoms with Gasteiger partial charge >= 0.3 is 5.97 Å². The van der Waals surface area contributed by atoms with Crippen LogP contribution in [-0.4, -0.2) is 37.2 Å². The third-order valence-electron chi connectivity index (χ3n) is 4.29. The lowest BCUT2D eigenvalue weighted by atomic mass is 10.2. The van der Waals surface area contributed by atoms with Crippen molar-refractivity contribution in [2.24, 2.45) is 0 Å². The Bertz CT molecular complexity index is 994. The molecule has 0 saturated carbocycles. The molecule has 3 aromatic carbocycles. The van der Waals surface area contributed by atoms with Gasteiger partial charge in [0.15, 0.2) is 0 Å². The number of carboxylic acid groups (broad SMARTS) is 1. The number of ether oxygens (including phenoxy) is 4. The lowest BCUT2D eigenvalue weighted by Gasteiger charge is -2.09. The van der Waals surface area contributed by atoms with E-state index >= 15 is 0 Å². The molecular weight excluding hydrogens is 400 g/mol. The molecule has 0 aliphatic rings. The van der Waals surface area contributed by atoms with Crippen LogP contribution in [0.25, 0.3) is 0 Å². The van der Waals surface area contributed by atoms with Crippen LogP contribution in [0, 0.1) is 0 Å². The number of hydrogen-bond donors (Lipinski definition) is 1. The lowest BCUT2D eigenvalue weighted by molar-refractivity contribution is -0.123. The van der Waals surface area contributed by atoms with Crippen molar-refractivity contribution in [3.63, 3.8) is 0 Å². The third kappa shape index (κ3) is 6.78. The summed E-state index contributed by atoms with van der Waals surface area (Å²) in [7, 11) is 1.62. The summed E-state index contributed by atoms with van der Waals surface area (Å²) in [6.07, 6.45) is 0. The summed E-state index contributed by atoms with van der Waals surface area (Å²) in [5, 5.41) is 8.87. The van der Waals surface area contributed by atoms with Crippen LogP contribution in [-0.2, 0) is 11.4 Å². The average molecular weight is 422 g/mol. The Labute approximate surface area is 179 Å². The lowest BCUT2D eigenvalue weighted by Crippen LogP contribution is -2.19. The number of Topliss-reactive ketones (excluding diaryl/α,β-unsaturated/α-hetero) is 1. The van der Waals surface area contributed by atoms with Crippen molar-refractivity contribution in [2.75, 3.05) is 20.3 Å². The first-order valence-corrected chi connectivity index (χ1v) is 9.50. The minimum Gasteiger partial charge on any atom is -0.497 e. The van der Waals surface area contributed by atoms with E-state index in [1.807, 2.05) is 24.3 Å². The number of carbonyl (C=O) groups excluding carboxylic acids is 1. The molecule has 0 radical (unpaired) electrons. The van der Waals surface area contributed by atoms with Crippen molar-refractivity contribution in [3.8, 4) is 23.0 Å². The highest BCUT2D eigenvalue weighted by molar-refractivity contribution is 5.87. The van der Waals surface area contributed by atoms with Gasteiger partial charge in [0.2, 0.25) is 5.78 Å². The molecule has 0 aliphatic heterocycles. The number of benzene rings is 3. The zero-order valence-electron chi connectivity index (χ0n) is 16.9. The van der Waals surface area contributed by atoms with Crippen LogP contribution in [0.15, 0.2) is 72.8 Å². The molecule has 160 valence electrons. The van der Waals surface area contributed by atoms with Gasteiger partial charge < -0.3 is 24.1 Å². The van der Waals surface area contributed by atoms with Crippen molar-refractivity contribution in [3.05, 3.63) is 83.9 Å². The minimum absolute atomic E-state index is 0.140. The van der Waals surface area contributed by atoms with E-state index in [2.05, 4.69) is 0 Å². The van der Waals surface area contributed by atoms with Gasteiger partial charge in [0.05, 0.1) is 12.7 Å². The second kappa shape index (κ2) is 10.7. The molecule has 0 spiro atoms. The van der Waals surface area contributed by atoms with Crippen LogP contribution in [0.3, 0.4) is 0 Å². The summed E-state index contributed by atoms with van der Waals surface area (Å²) in [4.78, 5) is 22.8. The second-order valence-electron chi connectivity index (χ2n) is 6.55. The van der Waals surface area contributed by atoms with Gasteiger partial charge in [-0.05, 0) is 66.2 Å². The van der Waals surface area contributed by atoms with Gasteiger partial charge in [-0.25, -0.2) is 4.79 Å². The predicted octanol–water partition coefficient (Wildman–Crippen LogP) is 4.00. The molecule has 3 rings (SSSR count). The van der Waals surface area contributed by atoms with Gasteiger partial charge in [-0.1, -0.05) is 12.1 Å². The van der Waals surface area contributed by atoms with Crippen molar-refractivity contribution in [1.29, 1.82) is 0 Å². The molecule has 31 heavy (non-hydrogen) atoms. The molecule has 1 N–H and O–H groups in total. The molecule has 7 heteroatoms. The summed E-state index contributed by atoms with van der Waals surface area (Å²) >= 11 is 0. The van der Waals surface area contributed by atoms with E-state index in [4.69, 9.17) is 24.1 Å². The number of carbonyl (C=O) groups is 2.